The SMILES string of the molecule is CC(NC(C)c1ccc(Cl)cc1Cl)C(=O)Nc1ccc(F)cc1Cl. The summed E-state index contributed by atoms with van der Waals surface area (Å²) in [5, 5.41) is 7.03. The lowest BCUT2D eigenvalue weighted by atomic mass is 10.1. The average Bonchev–Trinajstić information content (AvgIpc) is 2.49. The number of carbonyl (C=O) groups excluding carboxylic acids is 1. The highest BCUT2D eigenvalue weighted by Crippen LogP contribution is 2.27. The summed E-state index contributed by atoms with van der Waals surface area (Å²) in [5.74, 6) is -0.754. The summed E-state index contributed by atoms with van der Waals surface area (Å²) in [6, 6.07) is 8.31. The molecule has 0 aliphatic carbocycles. The van der Waals surface area contributed by atoms with Crippen LogP contribution in [0.1, 0.15) is 25.5 Å². The van der Waals surface area contributed by atoms with Gasteiger partial charge in [0, 0.05) is 16.1 Å². The molecule has 0 saturated carbocycles. The van der Waals surface area contributed by atoms with Crippen molar-refractivity contribution in [2.45, 2.75) is 25.9 Å². The molecule has 2 atom stereocenters. The van der Waals surface area contributed by atoms with Gasteiger partial charge in [0.15, 0.2) is 0 Å². The van der Waals surface area contributed by atoms with E-state index in [9.17, 15) is 9.18 Å². The molecule has 2 N–H and O–H groups in total. The highest BCUT2D eigenvalue weighted by atomic mass is 35.5. The Kier molecular flexibility index (Phi) is 6.47. The van der Waals surface area contributed by atoms with E-state index in [1.807, 2.05) is 13.0 Å². The second-order valence-corrected chi connectivity index (χ2v) is 6.64. The van der Waals surface area contributed by atoms with Crippen LogP contribution in [0.4, 0.5) is 10.1 Å². The molecule has 0 heterocycles. The molecular weight excluding hydrogens is 374 g/mol. The van der Waals surface area contributed by atoms with E-state index >= 15 is 0 Å². The number of anilines is 1. The molecular formula is C17H16Cl3FN2O. The Balaban J connectivity index is 2.02. The maximum absolute atomic E-state index is 13.0. The number of hydrogen-bond donors (Lipinski definition) is 2. The highest BCUT2D eigenvalue weighted by Gasteiger charge is 2.19. The van der Waals surface area contributed by atoms with Crippen molar-refractivity contribution >= 4 is 46.4 Å². The van der Waals surface area contributed by atoms with Gasteiger partial charge in [0.05, 0.1) is 16.8 Å². The van der Waals surface area contributed by atoms with Gasteiger partial charge in [-0.2, -0.15) is 0 Å². The fraction of sp³-hybridized carbons (Fsp3) is 0.235. The van der Waals surface area contributed by atoms with Crippen molar-refractivity contribution in [2.24, 2.45) is 0 Å². The van der Waals surface area contributed by atoms with Crippen molar-refractivity contribution < 1.29 is 9.18 Å². The first-order valence-corrected chi connectivity index (χ1v) is 8.38. The molecule has 128 valence electrons. The van der Waals surface area contributed by atoms with E-state index in [2.05, 4.69) is 10.6 Å². The molecule has 24 heavy (non-hydrogen) atoms. The third-order valence-corrected chi connectivity index (χ3v) is 4.39. The standard InChI is InChI=1S/C17H16Cl3FN2O/c1-9(13-5-3-11(18)7-14(13)19)22-10(2)17(24)23-16-6-4-12(21)8-15(16)20/h3-10,22H,1-2H3,(H,23,24). The van der Waals surface area contributed by atoms with Crippen LogP contribution < -0.4 is 10.6 Å². The first kappa shape index (κ1) is 19.0. The molecule has 3 nitrogen and oxygen atoms in total. The molecule has 0 bridgehead atoms. The van der Waals surface area contributed by atoms with Crippen molar-refractivity contribution in [3.8, 4) is 0 Å². The van der Waals surface area contributed by atoms with Crippen molar-refractivity contribution in [2.75, 3.05) is 5.32 Å². The van der Waals surface area contributed by atoms with Crippen molar-refractivity contribution in [3.05, 3.63) is 62.8 Å². The number of benzene rings is 2. The minimum atomic E-state index is -0.520. The smallest absolute Gasteiger partial charge is 0.241 e. The normalized spacial score (nSPS) is 13.4. The van der Waals surface area contributed by atoms with Gasteiger partial charge in [-0.1, -0.05) is 40.9 Å². The van der Waals surface area contributed by atoms with Crippen LogP contribution in [0.15, 0.2) is 36.4 Å². The molecule has 0 spiro atoms. The van der Waals surface area contributed by atoms with Crippen molar-refractivity contribution in [3.63, 3.8) is 0 Å². The van der Waals surface area contributed by atoms with Gasteiger partial charge in [-0.05, 0) is 49.7 Å². The number of halogens is 4. The molecule has 0 aliphatic heterocycles. The summed E-state index contributed by atoms with van der Waals surface area (Å²) in [6.45, 7) is 3.61. The lowest BCUT2D eigenvalue weighted by Crippen LogP contribution is -2.39. The largest absolute Gasteiger partial charge is 0.323 e. The lowest BCUT2D eigenvalue weighted by Gasteiger charge is -2.21. The van der Waals surface area contributed by atoms with Gasteiger partial charge < -0.3 is 5.32 Å². The van der Waals surface area contributed by atoms with E-state index < -0.39 is 11.9 Å². The summed E-state index contributed by atoms with van der Waals surface area (Å²) >= 11 is 18.0. The van der Waals surface area contributed by atoms with Gasteiger partial charge in [0.1, 0.15) is 5.82 Å². The zero-order chi connectivity index (χ0) is 17.9. The molecule has 1 amide bonds. The predicted octanol–water partition coefficient (Wildman–Crippen LogP) is 5.46. The lowest BCUT2D eigenvalue weighted by molar-refractivity contribution is -0.117. The molecule has 2 aromatic carbocycles. The Morgan fingerprint density at radius 3 is 2.38 bits per heavy atom. The summed E-state index contributed by atoms with van der Waals surface area (Å²) < 4.78 is 13.0. The Bertz CT molecular complexity index is 755. The van der Waals surface area contributed by atoms with Crippen LogP contribution in [0.25, 0.3) is 0 Å². The molecule has 0 saturated heterocycles. The fourth-order valence-corrected chi connectivity index (χ4v) is 3.01. The van der Waals surface area contributed by atoms with E-state index in [0.29, 0.717) is 15.7 Å². The minimum Gasteiger partial charge on any atom is -0.323 e. The highest BCUT2D eigenvalue weighted by molar-refractivity contribution is 6.35. The second-order valence-electron chi connectivity index (χ2n) is 5.39. The molecule has 0 aliphatic rings. The van der Waals surface area contributed by atoms with Crippen LogP contribution in [-0.2, 0) is 4.79 Å². The summed E-state index contributed by atoms with van der Waals surface area (Å²) in [5.41, 5.74) is 1.19. The summed E-state index contributed by atoms with van der Waals surface area (Å²) in [6.07, 6.45) is 0. The van der Waals surface area contributed by atoms with E-state index in [1.54, 1.807) is 19.1 Å². The number of nitrogens with one attached hydrogen (secondary N) is 2. The Labute approximate surface area is 155 Å². The zero-order valence-corrected chi connectivity index (χ0v) is 15.3. The molecule has 7 heteroatoms. The van der Waals surface area contributed by atoms with E-state index in [-0.39, 0.29) is 17.0 Å². The van der Waals surface area contributed by atoms with Crippen LogP contribution in [-0.4, -0.2) is 11.9 Å². The van der Waals surface area contributed by atoms with Crippen LogP contribution in [0, 0.1) is 5.82 Å². The summed E-state index contributed by atoms with van der Waals surface area (Å²) in [4.78, 5) is 12.3. The maximum Gasteiger partial charge on any atom is 0.241 e. The number of rotatable bonds is 5. The Morgan fingerprint density at radius 2 is 1.75 bits per heavy atom. The van der Waals surface area contributed by atoms with Gasteiger partial charge in [-0.3, -0.25) is 10.1 Å². The first-order valence-electron chi connectivity index (χ1n) is 7.25. The number of carbonyl (C=O) groups is 1. The van der Waals surface area contributed by atoms with Crippen LogP contribution >= 0.6 is 34.8 Å². The van der Waals surface area contributed by atoms with Gasteiger partial charge in [-0.25, -0.2) is 4.39 Å². The van der Waals surface area contributed by atoms with Crippen LogP contribution in [0.2, 0.25) is 15.1 Å². The number of amides is 1. The van der Waals surface area contributed by atoms with Gasteiger partial charge in [0.25, 0.3) is 0 Å². The van der Waals surface area contributed by atoms with Crippen LogP contribution in [0.5, 0.6) is 0 Å². The van der Waals surface area contributed by atoms with Gasteiger partial charge in [0.2, 0.25) is 5.91 Å². The van der Waals surface area contributed by atoms with E-state index in [4.69, 9.17) is 34.8 Å². The van der Waals surface area contributed by atoms with Gasteiger partial charge >= 0.3 is 0 Å². The van der Waals surface area contributed by atoms with Crippen molar-refractivity contribution in [1.82, 2.24) is 5.32 Å². The second kappa shape index (κ2) is 8.17. The molecule has 0 radical (unpaired) electrons. The number of hydrogen-bond acceptors (Lipinski definition) is 2. The molecule has 2 unspecified atom stereocenters. The van der Waals surface area contributed by atoms with Crippen molar-refractivity contribution in [1.29, 1.82) is 0 Å². The third-order valence-electron chi connectivity index (χ3n) is 3.51. The topological polar surface area (TPSA) is 41.1 Å². The quantitative estimate of drug-likeness (QED) is 0.712. The predicted molar refractivity (Wildman–Crippen MR) is 97.5 cm³/mol. The minimum absolute atomic E-state index is 0.143. The fourth-order valence-electron chi connectivity index (χ4n) is 2.22. The maximum atomic E-state index is 13.0. The van der Waals surface area contributed by atoms with E-state index in [0.717, 1.165) is 11.6 Å². The third kappa shape index (κ3) is 4.84. The molecule has 0 fully saturated rings. The molecule has 2 aromatic rings. The molecule has 2 rings (SSSR count). The Hall–Kier alpha value is -1.33. The monoisotopic (exact) mass is 388 g/mol. The first-order chi connectivity index (χ1) is 11.3. The zero-order valence-electron chi connectivity index (χ0n) is 13.0. The van der Waals surface area contributed by atoms with Crippen LogP contribution in [0.3, 0.4) is 0 Å². The molecule has 0 aromatic heterocycles. The Morgan fingerprint density at radius 1 is 1.04 bits per heavy atom. The average molecular weight is 390 g/mol. The van der Waals surface area contributed by atoms with Gasteiger partial charge in [-0.15, -0.1) is 0 Å². The van der Waals surface area contributed by atoms with E-state index in [1.165, 1.54) is 12.1 Å². The summed E-state index contributed by atoms with van der Waals surface area (Å²) in [7, 11) is 0.